The minimum atomic E-state index is -4.63. The summed E-state index contributed by atoms with van der Waals surface area (Å²) in [7, 11) is 0. The van der Waals surface area contributed by atoms with Gasteiger partial charge in [0.25, 0.3) is 5.91 Å². The Morgan fingerprint density at radius 2 is 2.14 bits per heavy atom. The number of benzene rings is 1. The molecule has 1 aromatic carbocycles. The van der Waals surface area contributed by atoms with Gasteiger partial charge in [-0.05, 0) is 18.2 Å². The second kappa shape index (κ2) is 6.04. The quantitative estimate of drug-likeness (QED) is 0.916. The molecule has 0 aliphatic carbocycles. The fraction of sp³-hybridized carbons (Fsp3) is 0.385. The molecule has 9 heteroatoms. The maximum absolute atomic E-state index is 12.7. The van der Waals surface area contributed by atoms with Gasteiger partial charge in [-0.3, -0.25) is 9.59 Å². The number of carbonyl (C=O) groups excluding carboxylic acids is 1. The predicted molar refractivity (Wildman–Crippen MR) is 69.7 cm³/mol. The Morgan fingerprint density at radius 1 is 1.45 bits per heavy atom. The maximum Gasteiger partial charge on any atom is 0.417 e. The Labute approximate surface area is 128 Å². The van der Waals surface area contributed by atoms with Crippen LogP contribution in [0.4, 0.5) is 13.2 Å². The zero-order chi connectivity index (χ0) is 16.5. The van der Waals surface area contributed by atoms with E-state index in [2.05, 4.69) is 0 Å². The Bertz CT molecular complexity index is 605. The van der Waals surface area contributed by atoms with Crippen LogP contribution in [0.25, 0.3) is 0 Å². The van der Waals surface area contributed by atoms with Crippen LogP contribution < -0.4 is 4.74 Å². The van der Waals surface area contributed by atoms with Crippen LogP contribution in [0.1, 0.15) is 12.0 Å². The van der Waals surface area contributed by atoms with E-state index in [1.165, 1.54) is 6.07 Å². The smallest absolute Gasteiger partial charge is 0.417 e. The Kier molecular flexibility index (Phi) is 4.50. The van der Waals surface area contributed by atoms with Crippen LogP contribution in [0, 0.1) is 0 Å². The number of carboxylic acid groups (broad SMARTS) is 1. The summed E-state index contributed by atoms with van der Waals surface area (Å²) >= 11 is 5.49. The van der Waals surface area contributed by atoms with Crippen molar-refractivity contribution in [1.29, 1.82) is 0 Å². The molecule has 1 amide bonds. The number of nitrogens with zero attached hydrogens (tertiary/aromatic N) is 1. The van der Waals surface area contributed by atoms with E-state index in [9.17, 15) is 22.8 Å². The summed E-state index contributed by atoms with van der Waals surface area (Å²) in [6.07, 6.45) is -5.43. The number of hydrogen-bond donors (Lipinski definition) is 1. The summed E-state index contributed by atoms with van der Waals surface area (Å²) in [5, 5.41) is 8.18. The summed E-state index contributed by atoms with van der Waals surface area (Å²) < 4.78 is 43.5. The summed E-state index contributed by atoms with van der Waals surface area (Å²) in [6.45, 7) is -0.289. The molecule has 0 saturated carbocycles. The van der Waals surface area contributed by atoms with Crippen molar-refractivity contribution in [3.8, 4) is 5.75 Å². The molecule has 22 heavy (non-hydrogen) atoms. The van der Waals surface area contributed by atoms with E-state index in [4.69, 9.17) is 21.4 Å². The van der Waals surface area contributed by atoms with E-state index < -0.39 is 41.3 Å². The van der Waals surface area contributed by atoms with Gasteiger partial charge >= 0.3 is 12.1 Å². The molecule has 1 fully saturated rings. The second-order valence-electron chi connectivity index (χ2n) is 4.69. The average Bonchev–Trinajstić information content (AvgIpc) is 2.72. The Hall–Kier alpha value is -1.96. The third kappa shape index (κ3) is 3.62. The van der Waals surface area contributed by atoms with Gasteiger partial charge in [-0.25, -0.2) is 0 Å². The first-order valence-corrected chi connectivity index (χ1v) is 6.60. The van der Waals surface area contributed by atoms with Gasteiger partial charge < -0.3 is 14.7 Å². The molecule has 1 heterocycles. The summed E-state index contributed by atoms with van der Waals surface area (Å²) in [6, 6.07) is 2.98. The molecule has 1 N–H and O–H groups in total. The Morgan fingerprint density at radius 3 is 2.73 bits per heavy atom. The fourth-order valence-electron chi connectivity index (χ4n) is 2.10. The highest BCUT2D eigenvalue weighted by molar-refractivity contribution is 6.31. The molecular formula is C13H11ClF3NO4. The van der Waals surface area contributed by atoms with Crippen molar-refractivity contribution in [2.24, 2.45) is 0 Å². The van der Waals surface area contributed by atoms with Gasteiger partial charge in [0.05, 0.1) is 10.6 Å². The van der Waals surface area contributed by atoms with Crippen molar-refractivity contribution in [3.63, 3.8) is 0 Å². The number of amides is 1. The van der Waals surface area contributed by atoms with E-state index >= 15 is 0 Å². The topological polar surface area (TPSA) is 66.8 Å². The molecule has 1 saturated heterocycles. The molecule has 1 aromatic rings. The van der Waals surface area contributed by atoms with Crippen LogP contribution >= 0.6 is 11.6 Å². The van der Waals surface area contributed by atoms with E-state index in [0.29, 0.717) is 0 Å². The van der Waals surface area contributed by atoms with Crippen LogP contribution in [0.2, 0.25) is 5.02 Å². The van der Waals surface area contributed by atoms with E-state index in [0.717, 1.165) is 17.0 Å². The first kappa shape index (κ1) is 16.4. The normalized spacial score (nSPS) is 18.6. The fourth-order valence-corrected chi connectivity index (χ4v) is 2.32. The van der Waals surface area contributed by atoms with Gasteiger partial charge in [-0.1, -0.05) is 11.6 Å². The number of likely N-dealkylation sites (tertiary alicyclic amines) is 1. The van der Waals surface area contributed by atoms with E-state index in [1.54, 1.807) is 0 Å². The second-order valence-corrected chi connectivity index (χ2v) is 5.10. The lowest BCUT2D eigenvalue weighted by atomic mass is 10.2. The van der Waals surface area contributed by atoms with E-state index in [-0.39, 0.29) is 18.7 Å². The minimum Gasteiger partial charge on any atom is -0.481 e. The van der Waals surface area contributed by atoms with Crippen molar-refractivity contribution < 1.29 is 32.6 Å². The molecule has 0 bridgehead atoms. The number of hydrogen-bond acceptors (Lipinski definition) is 3. The number of alkyl halides is 3. The summed E-state index contributed by atoms with van der Waals surface area (Å²) in [5.74, 6) is -1.88. The molecule has 0 aromatic heterocycles. The van der Waals surface area contributed by atoms with Crippen molar-refractivity contribution >= 4 is 23.5 Å². The number of ether oxygens (including phenoxy) is 1. The number of rotatable bonds is 4. The SMILES string of the molecule is O=C(O)CN1CCC(Oc2ccc(Cl)c(C(F)(F)F)c2)C1=O. The van der Waals surface area contributed by atoms with Crippen LogP contribution in [0.15, 0.2) is 18.2 Å². The first-order chi connectivity index (χ1) is 10.2. The Balaban J connectivity index is 2.12. The zero-order valence-electron chi connectivity index (χ0n) is 11.1. The third-order valence-corrected chi connectivity index (χ3v) is 3.43. The number of aliphatic carboxylic acids is 1. The molecule has 5 nitrogen and oxygen atoms in total. The van der Waals surface area contributed by atoms with Gasteiger partial charge in [0.1, 0.15) is 12.3 Å². The average molecular weight is 338 g/mol. The van der Waals surface area contributed by atoms with Gasteiger partial charge in [0, 0.05) is 13.0 Å². The zero-order valence-corrected chi connectivity index (χ0v) is 11.8. The highest BCUT2D eigenvalue weighted by Crippen LogP contribution is 2.37. The molecule has 1 unspecified atom stereocenters. The number of carboxylic acids is 1. The summed E-state index contributed by atoms with van der Waals surface area (Å²) in [5.41, 5.74) is -1.06. The lowest BCUT2D eigenvalue weighted by Crippen LogP contribution is -2.35. The molecule has 0 radical (unpaired) electrons. The molecule has 120 valence electrons. The van der Waals surface area contributed by atoms with Crippen molar-refractivity contribution in [1.82, 2.24) is 4.90 Å². The molecular weight excluding hydrogens is 327 g/mol. The molecule has 1 atom stereocenters. The van der Waals surface area contributed by atoms with Crippen molar-refractivity contribution in [2.75, 3.05) is 13.1 Å². The van der Waals surface area contributed by atoms with Crippen LogP contribution in [-0.4, -0.2) is 41.1 Å². The summed E-state index contributed by atoms with van der Waals surface area (Å²) in [4.78, 5) is 23.5. The molecule has 1 aliphatic rings. The highest BCUT2D eigenvalue weighted by Gasteiger charge is 2.36. The van der Waals surface area contributed by atoms with Gasteiger partial charge in [0.2, 0.25) is 0 Å². The van der Waals surface area contributed by atoms with Crippen LogP contribution in [0.5, 0.6) is 5.75 Å². The minimum absolute atomic E-state index is 0.146. The van der Waals surface area contributed by atoms with Crippen LogP contribution in [-0.2, 0) is 15.8 Å². The van der Waals surface area contributed by atoms with Crippen molar-refractivity contribution in [2.45, 2.75) is 18.7 Å². The largest absolute Gasteiger partial charge is 0.481 e. The predicted octanol–water partition coefficient (Wildman–Crippen LogP) is 2.42. The number of halogens is 4. The molecule has 2 rings (SSSR count). The monoisotopic (exact) mass is 337 g/mol. The third-order valence-electron chi connectivity index (χ3n) is 3.10. The van der Waals surface area contributed by atoms with Crippen molar-refractivity contribution in [3.05, 3.63) is 28.8 Å². The van der Waals surface area contributed by atoms with Gasteiger partial charge in [-0.15, -0.1) is 0 Å². The van der Waals surface area contributed by atoms with Crippen LogP contribution in [0.3, 0.4) is 0 Å². The first-order valence-electron chi connectivity index (χ1n) is 6.22. The lowest BCUT2D eigenvalue weighted by Gasteiger charge is -2.16. The lowest BCUT2D eigenvalue weighted by molar-refractivity contribution is -0.144. The molecule has 1 aliphatic heterocycles. The standard InChI is InChI=1S/C13H11ClF3NO4/c14-9-2-1-7(5-8(9)13(15,16)17)22-10-3-4-18(12(10)21)6-11(19)20/h1-2,5,10H,3-4,6H2,(H,19,20). The van der Waals surface area contributed by atoms with Gasteiger partial charge in [-0.2, -0.15) is 13.2 Å². The molecule has 0 spiro atoms. The number of carbonyl (C=O) groups is 2. The van der Waals surface area contributed by atoms with E-state index in [1.807, 2.05) is 0 Å². The maximum atomic E-state index is 12.7. The van der Waals surface area contributed by atoms with Gasteiger partial charge in [0.15, 0.2) is 6.10 Å². The highest BCUT2D eigenvalue weighted by atomic mass is 35.5.